The van der Waals surface area contributed by atoms with E-state index in [-0.39, 0.29) is 30.4 Å². The number of ether oxygens (including phenoxy) is 2. The number of nitrogens with one attached hydrogen (secondary N) is 1. The van der Waals surface area contributed by atoms with Gasteiger partial charge in [-0.05, 0) is 30.7 Å². The van der Waals surface area contributed by atoms with Gasteiger partial charge < -0.3 is 14.8 Å². The van der Waals surface area contributed by atoms with E-state index in [9.17, 15) is 18.0 Å². The molecule has 0 saturated carbocycles. The third-order valence-corrected chi connectivity index (χ3v) is 4.71. The Kier molecular flexibility index (Phi) is 8.19. The van der Waals surface area contributed by atoms with Gasteiger partial charge in [0.25, 0.3) is 0 Å². The normalized spacial score (nSPS) is 11.3. The van der Waals surface area contributed by atoms with E-state index < -0.39 is 17.6 Å². The van der Waals surface area contributed by atoms with Gasteiger partial charge in [0.1, 0.15) is 12.4 Å². The van der Waals surface area contributed by atoms with E-state index in [4.69, 9.17) is 9.47 Å². The highest BCUT2D eigenvalue weighted by atomic mass is 32.2. The van der Waals surface area contributed by atoms with Crippen molar-refractivity contribution < 1.29 is 27.4 Å². The molecule has 1 amide bonds. The average Bonchev–Trinajstić information content (AvgIpc) is 2.62. The van der Waals surface area contributed by atoms with Crippen LogP contribution in [0.1, 0.15) is 16.7 Å². The summed E-state index contributed by atoms with van der Waals surface area (Å²) in [4.78, 5) is 12.2. The molecule has 0 saturated heterocycles. The molecule has 0 spiro atoms. The Morgan fingerprint density at radius 2 is 1.93 bits per heavy atom. The maximum absolute atomic E-state index is 13.0. The van der Waals surface area contributed by atoms with Gasteiger partial charge in [-0.1, -0.05) is 29.8 Å². The number of carbonyl (C=O) groups is 1. The summed E-state index contributed by atoms with van der Waals surface area (Å²) in [6.07, 6.45) is -4.51. The lowest BCUT2D eigenvalue weighted by molar-refractivity contribution is -0.137. The van der Waals surface area contributed by atoms with E-state index in [2.05, 4.69) is 5.32 Å². The van der Waals surface area contributed by atoms with Gasteiger partial charge in [-0.3, -0.25) is 4.79 Å². The van der Waals surface area contributed by atoms with Crippen LogP contribution in [-0.2, 0) is 21.5 Å². The van der Waals surface area contributed by atoms with E-state index in [1.807, 2.05) is 31.2 Å². The Labute approximate surface area is 166 Å². The number of anilines is 1. The molecule has 0 radical (unpaired) electrons. The molecule has 0 bridgehead atoms. The molecule has 0 heterocycles. The Balaban J connectivity index is 2.01. The largest absolute Gasteiger partial charge is 0.489 e. The molecule has 0 aliphatic rings. The number of hydrogen-bond acceptors (Lipinski definition) is 4. The first-order valence-electron chi connectivity index (χ1n) is 8.55. The second-order valence-corrected chi connectivity index (χ2v) is 7.07. The van der Waals surface area contributed by atoms with Gasteiger partial charge >= 0.3 is 6.18 Å². The molecule has 0 atom stereocenters. The third kappa shape index (κ3) is 7.09. The minimum atomic E-state index is -4.51. The predicted octanol–water partition coefficient (Wildman–Crippen LogP) is 4.91. The zero-order chi connectivity index (χ0) is 20.6. The molecule has 8 heteroatoms. The van der Waals surface area contributed by atoms with Crippen molar-refractivity contribution in [2.24, 2.45) is 0 Å². The molecule has 2 rings (SSSR count). The van der Waals surface area contributed by atoms with E-state index in [1.165, 1.54) is 24.9 Å². The van der Waals surface area contributed by atoms with Gasteiger partial charge in [-0.15, -0.1) is 11.8 Å². The molecule has 0 aromatic heterocycles. The molecule has 152 valence electrons. The lowest BCUT2D eigenvalue weighted by atomic mass is 10.1. The van der Waals surface area contributed by atoms with Gasteiger partial charge in [0.15, 0.2) is 0 Å². The first-order chi connectivity index (χ1) is 13.3. The highest BCUT2D eigenvalue weighted by molar-refractivity contribution is 7.99. The van der Waals surface area contributed by atoms with Crippen molar-refractivity contribution in [2.45, 2.75) is 18.9 Å². The molecule has 2 aromatic rings. The summed E-state index contributed by atoms with van der Waals surface area (Å²) >= 11 is 1.38. The minimum Gasteiger partial charge on any atom is -0.489 e. The number of amides is 1. The SMILES string of the molecule is COCCOc1ccc(C(F)(F)F)cc1NC(=O)CSCc1cccc(C)c1. The van der Waals surface area contributed by atoms with Crippen LogP contribution in [-0.4, -0.2) is 32.0 Å². The quantitative estimate of drug-likeness (QED) is 0.594. The van der Waals surface area contributed by atoms with Gasteiger partial charge in [-0.2, -0.15) is 13.2 Å². The number of carbonyl (C=O) groups excluding carboxylic acids is 1. The zero-order valence-corrected chi connectivity index (χ0v) is 16.5. The maximum Gasteiger partial charge on any atom is 0.416 e. The number of benzene rings is 2. The third-order valence-electron chi connectivity index (χ3n) is 3.71. The molecule has 2 aromatic carbocycles. The summed E-state index contributed by atoms with van der Waals surface area (Å²) in [5, 5.41) is 2.52. The highest BCUT2D eigenvalue weighted by Gasteiger charge is 2.31. The van der Waals surface area contributed by atoms with Crippen LogP contribution < -0.4 is 10.1 Å². The van der Waals surface area contributed by atoms with Crippen molar-refractivity contribution >= 4 is 23.4 Å². The summed E-state index contributed by atoms with van der Waals surface area (Å²) in [6, 6.07) is 10.9. The predicted molar refractivity (Wildman–Crippen MR) is 105 cm³/mol. The van der Waals surface area contributed by atoms with Gasteiger partial charge in [0.2, 0.25) is 5.91 Å². The Hall–Kier alpha value is -2.19. The summed E-state index contributed by atoms with van der Waals surface area (Å²) in [6.45, 7) is 2.42. The monoisotopic (exact) mass is 413 g/mol. The highest BCUT2D eigenvalue weighted by Crippen LogP contribution is 2.35. The fourth-order valence-electron chi connectivity index (χ4n) is 2.41. The zero-order valence-electron chi connectivity index (χ0n) is 15.6. The molecule has 0 fully saturated rings. The molecule has 0 aliphatic carbocycles. The summed E-state index contributed by atoms with van der Waals surface area (Å²) in [7, 11) is 1.49. The lowest BCUT2D eigenvalue weighted by Gasteiger charge is -2.15. The van der Waals surface area contributed by atoms with Crippen molar-refractivity contribution in [3.05, 3.63) is 59.2 Å². The Morgan fingerprint density at radius 3 is 2.61 bits per heavy atom. The number of halogens is 3. The van der Waals surface area contributed by atoms with Crippen LogP contribution in [0.15, 0.2) is 42.5 Å². The number of hydrogen-bond donors (Lipinski definition) is 1. The van der Waals surface area contributed by atoms with Crippen LogP contribution in [0.3, 0.4) is 0 Å². The molecular weight excluding hydrogens is 391 g/mol. The Morgan fingerprint density at radius 1 is 1.14 bits per heavy atom. The number of methoxy groups -OCH3 is 1. The van der Waals surface area contributed by atoms with Crippen molar-refractivity contribution in [1.29, 1.82) is 0 Å². The van der Waals surface area contributed by atoms with Crippen molar-refractivity contribution in [2.75, 3.05) is 31.4 Å². The van der Waals surface area contributed by atoms with Gasteiger partial charge in [0, 0.05) is 12.9 Å². The van der Waals surface area contributed by atoms with Gasteiger partial charge in [-0.25, -0.2) is 0 Å². The molecule has 1 N–H and O–H groups in total. The summed E-state index contributed by atoms with van der Waals surface area (Å²) in [5.74, 6) is 0.520. The number of rotatable bonds is 9. The molecule has 0 aliphatic heterocycles. The van der Waals surface area contributed by atoms with E-state index in [0.717, 1.165) is 23.3 Å². The second kappa shape index (κ2) is 10.4. The molecule has 0 unspecified atom stereocenters. The van der Waals surface area contributed by atoms with Crippen LogP contribution in [0, 0.1) is 6.92 Å². The Bertz CT molecular complexity index is 797. The second-order valence-electron chi connectivity index (χ2n) is 6.08. The van der Waals surface area contributed by atoms with E-state index in [1.54, 1.807) is 0 Å². The first kappa shape index (κ1) is 22.1. The van der Waals surface area contributed by atoms with E-state index >= 15 is 0 Å². The number of alkyl halides is 3. The van der Waals surface area contributed by atoms with Crippen molar-refractivity contribution in [3.8, 4) is 5.75 Å². The van der Waals surface area contributed by atoms with Gasteiger partial charge in [0.05, 0.1) is 23.6 Å². The first-order valence-corrected chi connectivity index (χ1v) is 9.71. The standard InChI is InChI=1S/C20H22F3NO3S/c1-14-4-3-5-15(10-14)12-28-13-19(25)24-17-11-16(20(21,22)23)6-7-18(17)27-9-8-26-2/h3-7,10-11H,8-9,12-13H2,1-2H3,(H,24,25). The topological polar surface area (TPSA) is 47.6 Å². The average molecular weight is 413 g/mol. The minimum absolute atomic E-state index is 0.00733. The maximum atomic E-state index is 13.0. The summed E-state index contributed by atoms with van der Waals surface area (Å²) < 4.78 is 49.3. The molecular formula is C20H22F3NO3S. The fourth-order valence-corrected chi connectivity index (χ4v) is 3.19. The van der Waals surface area contributed by atoms with Crippen LogP contribution in [0.25, 0.3) is 0 Å². The van der Waals surface area contributed by atoms with Crippen molar-refractivity contribution in [3.63, 3.8) is 0 Å². The smallest absolute Gasteiger partial charge is 0.416 e. The van der Waals surface area contributed by atoms with Crippen molar-refractivity contribution in [1.82, 2.24) is 0 Å². The van der Waals surface area contributed by atoms with Crippen LogP contribution >= 0.6 is 11.8 Å². The van der Waals surface area contributed by atoms with Crippen LogP contribution in [0.5, 0.6) is 5.75 Å². The van der Waals surface area contributed by atoms with Crippen LogP contribution in [0.4, 0.5) is 18.9 Å². The lowest BCUT2D eigenvalue weighted by Crippen LogP contribution is -2.17. The summed E-state index contributed by atoms with van der Waals surface area (Å²) in [5.41, 5.74) is 1.35. The van der Waals surface area contributed by atoms with E-state index in [0.29, 0.717) is 5.75 Å². The number of aryl methyl sites for hydroxylation is 1. The number of thioether (sulfide) groups is 1. The fraction of sp³-hybridized carbons (Fsp3) is 0.350. The molecule has 4 nitrogen and oxygen atoms in total. The molecule has 28 heavy (non-hydrogen) atoms. The van der Waals surface area contributed by atoms with Crippen LogP contribution in [0.2, 0.25) is 0 Å².